The first-order chi connectivity index (χ1) is 10.0. The third-order valence-corrected chi connectivity index (χ3v) is 4.42. The predicted molar refractivity (Wildman–Crippen MR) is 87.4 cm³/mol. The summed E-state index contributed by atoms with van der Waals surface area (Å²) in [7, 11) is 1.65. The molecule has 0 bridgehead atoms. The van der Waals surface area contributed by atoms with Crippen LogP contribution in [0.2, 0.25) is 5.02 Å². The summed E-state index contributed by atoms with van der Waals surface area (Å²) in [6.45, 7) is 5.17. The van der Waals surface area contributed by atoms with Crippen molar-refractivity contribution in [2.45, 2.75) is 45.6 Å². The summed E-state index contributed by atoms with van der Waals surface area (Å²) in [6.07, 6.45) is 4.44. The lowest BCUT2D eigenvalue weighted by molar-refractivity contribution is 0.0980. The number of benzene rings is 1. The molecule has 1 aliphatic carbocycles. The molecule has 0 heterocycles. The van der Waals surface area contributed by atoms with Crippen LogP contribution in [0.4, 0.5) is 0 Å². The molecule has 0 radical (unpaired) electrons. The van der Waals surface area contributed by atoms with E-state index in [-0.39, 0.29) is 6.10 Å². The number of halogens is 1. The normalized spacial score (nSPS) is 25.7. The summed E-state index contributed by atoms with van der Waals surface area (Å²) >= 11 is 6.40. The molecular weight excluding hydrogens is 286 g/mol. The van der Waals surface area contributed by atoms with E-state index in [1.165, 1.54) is 6.42 Å². The fourth-order valence-corrected chi connectivity index (χ4v) is 3.61. The van der Waals surface area contributed by atoms with E-state index in [0.29, 0.717) is 34.9 Å². The second-order valence-corrected chi connectivity index (χ2v) is 6.71. The molecule has 2 N–H and O–H groups in total. The fraction of sp³-hybridized carbons (Fsp3) is 0.647. The van der Waals surface area contributed by atoms with Gasteiger partial charge < -0.3 is 15.2 Å². The van der Waals surface area contributed by atoms with Crippen molar-refractivity contribution in [3.8, 4) is 11.5 Å². The highest BCUT2D eigenvalue weighted by atomic mass is 35.5. The Morgan fingerprint density at radius 2 is 1.86 bits per heavy atom. The zero-order chi connectivity index (χ0) is 15.4. The first-order valence-electron chi connectivity index (χ1n) is 7.76. The van der Waals surface area contributed by atoms with E-state index in [4.69, 9.17) is 26.8 Å². The summed E-state index contributed by atoms with van der Waals surface area (Å²) in [6, 6.07) is 3.91. The van der Waals surface area contributed by atoms with Crippen molar-refractivity contribution < 1.29 is 9.47 Å². The molecule has 21 heavy (non-hydrogen) atoms. The largest absolute Gasteiger partial charge is 0.493 e. The monoisotopic (exact) mass is 311 g/mol. The number of ether oxygens (including phenoxy) is 2. The Labute approximate surface area is 132 Å². The Hall–Kier alpha value is -0.930. The number of hydrogen-bond donors (Lipinski definition) is 1. The Morgan fingerprint density at radius 3 is 2.43 bits per heavy atom. The molecule has 3 nitrogen and oxygen atoms in total. The molecule has 1 fully saturated rings. The molecule has 2 unspecified atom stereocenters. The minimum absolute atomic E-state index is 0.218. The fourth-order valence-electron chi connectivity index (χ4n) is 3.33. The van der Waals surface area contributed by atoms with E-state index in [9.17, 15) is 0 Å². The molecule has 118 valence electrons. The highest BCUT2D eigenvalue weighted by Gasteiger charge is 2.27. The van der Waals surface area contributed by atoms with E-state index in [1.54, 1.807) is 7.11 Å². The molecule has 1 aliphatic rings. The van der Waals surface area contributed by atoms with Gasteiger partial charge in [-0.1, -0.05) is 25.4 Å². The summed E-state index contributed by atoms with van der Waals surface area (Å²) in [5, 5.41) is 0.615. The van der Waals surface area contributed by atoms with Crippen LogP contribution >= 0.6 is 11.6 Å². The van der Waals surface area contributed by atoms with Crippen LogP contribution in [0.5, 0.6) is 11.5 Å². The van der Waals surface area contributed by atoms with Gasteiger partial charge in [-0.25, -0.2) is 0 Å². The second kappa shape index (κ2) is 7.37. The van der Waals surface area contributed by atoms with E-state index >= 15 is 0 Å². The number of hydrogen-bond acceptors (Lipinski definition) is 3. The van der Waals surface area contributed by atoms with Crippen molar-refractivity contribution in [3.63, 3.8) is 0 Å². The molecule has 1 saturated carbocycles. The molecule has 1 aromatic carbocycles. The summed E-state index contributed by atoms with van der Waals surface area (Å²) in [5.41, 5.74) is 6.69. The van der Waals surface area contributed by atoms with Crippen LogP contribution in [-0.2, 0) is 6.42 Å². The van der Waals surface area contributed by atoms with Gasteiger partial charge in [-0.2, -0.15) is 0 Å². The lowest BCUT2D eigenvalue weighted by Gasteiger charge is -2.32. The minimum atomic E-state index is 0.218. The van der Waals surface area contributed by atoms with E-state index in [2.05, 4.69) is 13.8 Å². The maximum Gasteiger partial charge on any atom is 0.180 e. The van der Waals surface area contributed by atoms with Crippen LogP contribution in [0.25, 0.3) is 0 Å². The molecular formula is C17H26ClNO2. The molecule has 0 spiro atoms. The number of nitrogens with two attached hydrogens (primary N) is 1. The minimum Gasteiger partial charge on any atom is -0.493 e. The van der Waals surface area contributed by atoms with Gasteiger partial charge in [0.1, 0.15) is 0 Å². The van der Waals surface area contributed by atoms with Gasteiger partial charge in [-0.15, -0.1) is 0 Å². The summed E-state index contributed by atoms with van der Waals surface area (Å²) in [5.74, 6) is 2.77. The zero-order valence-electron chi connectivity index (χ0n) is 13.2. The lowest BCUT2D eigenvalue weighted by atomic mass is 9.82. The third kappa shape index (κ3) is 4.27. The number of rotatable bonds is 5. The van der Waals surface area contributed by atoms with Gasteiger partial charge in [0.25, 0.3) is 0 Å². The molecule has 0 saturated heterocycles. The van der Waals surface area contributed by atoms with Gasteiger partial charge in [0.05, 0.1) is 18.2 Å². The molecule has 2 atom stereocenters. The average molecular weight is 312 g/mol. The zero-order valence-corrected chi connectivity index (χ0v) is 14.0. The van der Waals surface area contributed by atoms with Gasteiger partial charge in [0, 0.05) is 0 Å². The van der Waals surface area contributed by atoms with E-state index in [1.807, 2.05) is 12.1 Å². The predicted octanol–water partition coefficient (Wildman–Crippen LogP) is 4.05. The standard InChI is InChI=1S/C17H26ClNO2/c1-11-6-12(2)8-14(7-11)21-17-15(18)9-13(4-5-19)10-16(17)20-3/h9-12,14H,4-8,19H2,1-3H3. The summed E-state index contributed by atoms with van der Waals surface area (Å²) < 4.78 is 11.7. The summed E-state index contributed by atoms with van der Waals surface area (Å²) in [4.78, 5) is 0. The van der Waals surface area contributed by atoms with Crippen molar-refractivity contribution in [2.75, 3.05) is 13.7 Å². The van der Waals surface area contributed by atoms with Crippen LogP contribution in [-0.4, -0.2) is 19.8 Å². The quantitative estimate of drug-likeness (QED) is 0.892. The smallest absolute Gasteiger partial charge is 0.180 e. The van der Waals surface area contributed by atoms with Crippen molar-refractivity contribution in [3.05, 3.63) is 22.7 Å². The Bertz CT molecular complexity index is 468. The van der Waals surface area contributed by atoms with Crippen molar-refractivity contribution in [1.82, 2.24) is 0 Å². The Kier molecular flexibility index (Phi) is 5.77. The van der Waals surface area contributed by atoms with Gasteiger partial charge in [0.15, 0.2) is 11.5 Å². The topological polar surface area (TPSA) is 44.5 Å². The van der Waals surface area contributed by atoms with Gasteiger partial charge in [-0.05, 0) is 61.8 Å². The molecule has 0 amide bonds. The van der Waals surface area contributed by atoms with Crippen LogP contribution in [0.3, 0.4) is 0 Å². The second-order valence-electron chi connectivity index (χ2n) is 6.31. The van der Waals surface area contributed by atoms with Crippen molar-refractivity contribution in [2.24, 2.45) is 17.6 Å². The molecule has 4 heteroatoms. The average Bonchev–Trinajstić information content (AvgIpc) is 2.40. The Balaban J connectivity index is 2.18. The molecule has 2 rings (SSSR count). The first-order valence-corrected chi connectivity index (χ1v) is 8.14. The van der Waals surface area contributed by atoms with Crippen molar-refractivity contribution in [1.29, 1.82) is 0 Å². The maximum absolute atomic E-state index is 6.40. The highest BCUT2D eigenvalue weighted by molar-refractivity contribution is 6.32. The molecule has 1 aromatic rings. The first kappa shape index (κ1) is 16.4. The third-order valence-electron chi connectivity index (χ3n) is 4.14. The molecule has 0 aromatic heterocycles. The van der Waals surface area contributed by atoms with E-state index < -0.39 is 0 Å². The highest BCUT2D eigenvalue weighted by Crippen LogP contribution is 2.40. The molecule has 0 aliphatic heterocycles. The van der Waals surface area contributed by atoms with Crippen LogP contribution in [0, 0.1) is 11.8 Å². The van der Waals surface area contributed by atoms with Gasteiger partial charge >= 0.3 is 0 Å². The van der Waals surface area contributed by atoms with Gasteiger partial charge in [0.2, 0.25) is 0 Å². The van der Waals surface area contributed by atoms with Crippen LogP contribution < -0.4 is 15.2 Å². The number of methoxy groups -OCH3 is 1. The van der Waals surface area contributed by atoms with Crippen molar-refractivity contribution >= 4 is 11.6 Å². The lowest BCUT2D eigenvalue weighted by Crippen LogP contribution is -2.28. The van der Waals surface area contributed by atoms with Crippen LogP contribution in [0.1, 0.15) is 38.7 Å². The SMILES string of the molecule is COc1cc(CCN)cc(Cl)c1OC1CC(C)CC(C)C1. The van der Waals surface area contributed by atoms with E-state index in [0.717, 1.165) is 24.8 Å². The Morgan fingerprint density at radius 1 is 1.19 bits per heavy atom. The maximum atomic E-state index is 6.40. The van der Waals surface area contributed by atoms with Gasteiger partial charge in [-0.3, -0.25) is 0 Å². The van der Waals surface area contributed by atoms with Crippen LogP contribution in [0.15, 0.2) is 12.1 Å².